The van der Waals surface area contributed by atoms with Crippen LogP contribution in [0.15, 0.2) is 54.6 Å². The molecular formula is C21H27N3O3. The van der Waals surface area contributed by atoms with Crippen molar-refractivity contribution in [3.05, 3.63) is 60.2 Å². The highest BCUT2D eigenvalue weighted by Crippen LogP contribution is 2.26. The number of ether oxygens (including phenoxy) is 1. The van der Waals surface area contributed by atoms with Crippen LogP contribution < -0.4 is 16.8 Å². The minimum Gasteiger partial charge on any atom is -0.444 e. The quantitative estimate of drug-likeness (QED) is 0.616. The first-order chi connectivity index (χ1) is 12.7. The van der Waals surface area contributed by atoms with Gasteiger partial charge in [0.1, 0.15) is 5.60 Å². The lowest BCUT2D eigenvalue weighted by atomic mass is 9.88. The summed E-state index contributed by atoms with van der Waals surface area (Å²) in [5.41, 5.74) is 12.5. The van der Waals surface area contributed by atoms with E-state index in [0.717, 1.165) is 12.0 Å². The fraction of sp³-hybridized carbons (Fsp3) is 0.333. The maximum absolute atomic E-state index is 12.9. The SMILES string of the molecule is CC(C)(C[C@@H](CCc1ccccc1)C(=O)Nc1cccc(N)c1)OC(N)=O. The van der Waals surface area contributed by atoms with Crippen molar-refractivity contribution < 1.29 is 14.3 Å². The molecule has 0 saturated carbocycles. The minimum atomic E-state index is -0.849. The second kappa shape index (κ2) is 9.07. The lowest BCUT2D eigenvalue weighted by Crippen LogP contribution is -2.36. The monoisotopic (exact) mass is 369 g/mol. The third-order valence-corrected chi connectivity index (χ3v) is 4.26. The number of rotatable bonds is 8. The van der Waals surface area contributed by atoms with E-state index in [1.54, 1.807) is 38.1 Å². The Morgan fingerprint density at radius 3 is 2.44 bits per heavy atom. The van der Waals surface area contributed by atoms with E-state index in [2.05, 4.69) is 5.32 Å². The van der Waals surface area contributed by atoms with Crippen molar-refractivity contribution >= 4 is 23.4 Å². The highest BCUT2D eigenvalue weighted by Gasteiger charge is 2.30. The van der Waals surface area contributed by atoms with Gasteiger partial charge < -0.3 is 21.5 Å². The summed E-state index contributed by atoms with van der Waals surface area (Å²) < 4.78 is 5.18. The summed E-state index contributed by atoms with van der Waals surface area (Å²) in [5.74, 6) is -0.501. The van der Waals surface area contributed by atoms with Crippen molar-refractivity contribution in [3.8, 4) is 0 Å². The summed E-state index contributed by atoms with van der Waals surface area (Å²) in [4.78, 5) is 24.0. The number of primary amides is 1. The van der Waals surface area contributed by atoms with Gasteiger partial charge in [0, 0.05) is 17.3 Å². The molecule has 2 aromatic carbocycles. The van der Waals surface area contributed by atoms with Crippen molar-refractivity contribution in [3.63, 3.8) is 0 Å². The number of anilines is 2. The Kier molecular flexibility index (Phi) is 6.82. The van der Waals surface area contributed by atoms with Gasteiger partial charge in [-0.15, -0.1) is 0 Å². The second-order valence-electron chi connectivity index (χ2n) is 7.22. The van der Waals surface area contributed by atoms with Crippen LogP contribution in [0, 0.1) is 5.92 Å². The Bertz CT molecular complexity index is 775. The summed E-state index contributed by atoms with van der Waals surface area (Å²) in [6.45, 7) is 3.50. The van der Waals surface area contributed by atoms with Crippen LogP contribution in [0.2, 0.25) is 0 Å². The van der Waals surface area contributed by atoms with Crippen molar-refractivity contribution in [1.29, 1.82) is 0 Å². The third kappa shape index (κ3) is 7.01. The van der Waals surface area contributed by atoms with Crippen LogP contribution in [-0.4, -0.2) is 17.6 Å². The van der Waals surface area contributed by atoms with Crippen LogP contribution in [0.3, 0.4) is 0 Å². The molecule has 0 fully saturated rings. The Hall–Kier alpha value is -3.02. The molecule has 0 aromatic heterocycles. The van der Waals surface area contributed by atoms with E-state index in [9.17, 15) is 9.59 Å². The zero-order chi connectivity index (χ0) is 19.9. The van der Waals surface area contributed by atoms with E-state index in [0.29, 0.717) is 24.2 Å². The number of nitrogen functional groups attached to an aromatic ring is 1. The van der Waals surface area contributed by atoms with Crippen LogP contribution >= 0.6 is 0 Å². The molecule has 0 aliphatic heterocycles. The number of benzene rings is 2. The van der Waals surface area contributed by atoms with Gasteiger partial charge in [-0.2, -0.15) is 0 Å². The van der Waals surface area contributed by atoms with Crippen molar-refractivity contribution in [2.24, 2.45) is 11.7 Å². The molecule has 0 bridgehead atoms. The molecule has 0 heterocycles. The standard InChI is InChI=1S/C21H27N3O3/c1-21(2,27-20(23)26)14-16(12-11-15-7-4-3-5-8-15)19(25)24-18-10-6-9-17(22)13-18/h3-10,13,16H,11-12,14,22H2,1-2H3,(H2,23,26)(H,24,25)/t16-/m1/s1. The fourth-order valence-corrected chi connectivity index (χ4v) is 3.08. The van der Waals surface area contributed by atoms with E-state index >= 15 is 0 Å². The molecule has 6 heteroatoms. The minimum absolute atomic E-state index is 0.141. The van der Waals surface area contributed by atoms with E-state index < -0.39 is 11.7 Å². The average molecular weight is 369 g/mol. The van der Waals surface area contributed by atoms with Gasteiger partial charge in [0.05, 0.1) is 0 Å². The molecule has 27 heavy (non-hydrogen) atoms. The fourth-order valence-electron chi connectivity index (χ4n) is 3.08. The number of carbonyl (C=O) groups excluding carboxylic acids is 2. The lowest BCUT2D eigenvalue weighted by molar-refractivity contribution is -0.122. The number of amides is 2. The van der Waals surface area contributed by atoms with Crippen LogP contribution in [0.25, 0.3) is 0 Å². The van der Waals surface area contributed by atoms with E-state index in [4.69, 9.17) is 16.2 Å². The summed E-state index contributed by atoms with van der Waals surface area (Å²) in [6.07, 6.45) is 0.862. The molecule has 0 aliphatic rings. The smallest absolute Gasteiger partial charge is 0.405 e. The second-order valence-corrected chi connectivity index (χ2v) is 7.22. The first-order valence-electron chi connectivity index (χ1n) is 8.94. The van der Waals surface area contributed by atoms with Gasteiger partial charge >= 0.3 is 6.09 Å². The maximum atomic E-state index is 12.9. The van der Waals surface area contributed by atoms with Gasteiger partial charge in [0.25, 0.3) is 0 Å². The predicted molar refractivity (Wildman–Crippen MR) is 107 cm³/mol. The molecule has 2 aromatic rings. The predicted octanol–water partition coefficient (Wildman–Crippen LogP) is 3.72. The number of nitrogens with one attached hydrogen (secondary N) is 1. The number of hydrogen-bond donors (Lipinski definition) is 3. The first kappa shape index (κ1) is 20.3. The van der Waals surface area contributed by atoms with Gasteiger partial charge in [0.15, 0.2) is 0 Å². The first-order valence-corrected chi connectivity index (χ1v) is 8.94. The van der Waals surface area contributed by atoms with Crippen LogP contribution in [-0.2, 0) is 16.0 Å². The van der Waals surface area contributed by atoms with E-state index in [-0.39, 0.29) is 11.8 Å². The van der Waals surface area contributed by atoms with Gasteiger partial charge in [-0.05, 0) is 56.9 Å². The molecular weight excluding hydrogens is 342 g/mol. The molecule has 2 amide bonds. The normalized spacial score (nSPS) is 12.2. The van der Waals surface area contributed by atoms with Crippen LogP contribution in [0.4, 0.5) is 16.2 Å². The number of nitrogens with two attached hydrogens (primary N) is 2. The highest BCUT2D eigenvalue weighted by atomic mass is 16.6. The summed E-state index contributed by atoms with van der Waals surface area (Å²) in [5, 5.41) is 2.90. The van der Waals surface area contributed by atoms with Gasteiger partial charge in [-0.3, -0.25) is 4.79 Å². The van der Waals surface area contributed by atoms with E-state index in [1.807, 2.05) is 30.3 Å². The molecule has 0 saturated heterocycles. The average Bonchev–Trinajstić information content (AvgIpc) is 2.58. The molecule has 2 rings (SSSR count). The maximum Gasteiger partial charge on any atom is 0.405 e. The molecule has 144 valence electrons. The summed E-state index contributed by atoms with van der Waals surface area (Å²) >= 11 is 0. The Morgan fingerprint density at radius 1 is 1.11 bits per heavy atom. The van der Waals surface area contributed by atoms with Crippen molar-refractivity contribution in [2.45, 2.75) is 38.7 Å². The van der Waals surface area contributed by atoms with Crippen molar-refractivity contribution in [1.82, 2.24) is 0 Å². The number of hydrogen-bond acceptors (Lipinski definition) is 4. The van der Waals surface area contributed by atoms with Gasteiger partial charge in [-0.25, -0.2) is 4.79 Å². The molecule has 5 N–H and O–H groups in total. The summed E-state index contributed by atoms with van der Waals surface area (Å²) in [7, 11) is 0. The molecule has 0 spiro atoms. The zero-order valence-electron chi connectivity index (χ0n) is 15.8. The number of carbonyl (C=O) groups is 2. The van der Waals surface area contributed by atoms with Crippen LogP contribution in [0.1, 0.15) is 32.3 Å². The third-order valence-electron chi connectivity index (χ3n) is 4.26. The number of aryl methyl sites for hydroxylation is 1. The largest absolute Gasteiger partial charge is 0.444 e. The lowest BCUT2D eigenvalue weighted by Gasteiger charge is -2.28. The Labute approximate surface area is 159 Å². The van der Waals surface area contributed by atoms with E-state index in [1.165, 1.54) is 0 Å². The van der Waals surface area contributed by atoms with Crippen LogP contribution in [0.5, 0.6) is 0 Å². The topological polar surface area (TPSA) is 107 Å². The Balaban J connectivity index is 2.11. The van der Waals surface area contributed by atoms with Gasteiger partial charge in [-0.1, -0.05) is 36.4 Å². The van der Waals surface area contributed by atoms with Crippen molar-refractivity contribution in [2.75, 3.05) is 11.1 Å². The summed E-state index contributed by atoms with van der Waals surface area (Å²) in [6, 6.07) is 17.0. The molecule has 0 unspecified atom stereocenters. The Morgan fingerprint density at radius 2 is 1.81 bits per heavy atom. The highest BCUT2D eigenvalue weighted by molar-refractivity contribution is 5.93. The zero-order valence-corrected chi connectivity index (χ0v) is 15.8. The molecule has 0 aliphatic carbocycles. The molecule has 1 atom stereocenters. The van der Waals surface area contributed by atoms with Gasteiger partial charge in [0.2, 0.25) is 5.91 Å². The molecule has 6 nitrogen and oxygen atoms in total. The molecule has 0 radical (unpaired) electrons.